The van der Waals surface area contributed by atoms with E-state index in [1.165, 1.54) is 17.2 Å². The summed E-state index contributed by atoms with van der Waals surface area (Å²) in [4.78, 5) is 0. The lowest BCUT2D eigenvalue weighted by atomic mass is 9.93. The predicted molar refractivity (Wildman–Crippen MR) is 87.3 cm³/mol. The Kier molecular flexibility index (Phi) is 5.62. The van der Waals surface area contributed by atoms with Gasteiger partial charge < -0.3 is 0 Å². The number of benzene rings is 2. The third-order valence-electron chi connectivity index (χ3n) is 3.39. The number of hydrogen-bond acceptors (Lipinski definition) is 0. The summed E-state index contributed by atoms with van der Waals surface area (Å²) in [6.45, 7) is 2.08. The predicted octanol–water partition coefficient (Wildman–Crippen LogP) is 5.58. The fourth-order valence-corrected chi connectivity index (χ4v) is 2.85. The van der Waals surface area contributed by atoms with E-state index in [0.717, 1.165) is 17.3 Å². The molecule has 1 atom stereocenters. The minimum atomic E-state index is -0.215. The van der Waals surface area contributed by atoms with Gasteiger partial charge in [0, 0.05) is 10.4 Å². The first kappa shape index (κ1) is 15.5. The molecule has 2 aromatic carbocycles. The van der Waals surface area contributed by atoms with Crippen molar-refractivity contribution in [3.63, 3.8) is 0 Å². The Morgan fingerprint density at radius 3 is 2.40 bits per heavy atom. The number of rotatable bonds is 5. The van der Waals surface area contributed by atoms with E-state index in [4.69, 9.17) is 11.6 Å². The molecule has 0 heterocycles. The van der Waals surface area contributed by atoms with Crippen LogP contribution in [0, 0.1) is 18.7 Å². The summed E-state index contributed by atoms with van der Waals surface area (Å²) in [6.07, 6.45) is 1.65. The molecule has 0 nitrogen and oxygen atoms in total. The van der Waals surface area contributed by atoms with Crippen molar-refractivity contribution >= 4 is 27.5 Å². The maximum Gasteiger partial charge on any atom is 0.127 e. The highest BCUT2D eigenvalue weighted by atomic mass is 79.9. The second-order valence-electron chi connectivity index (χ2n) is 5.15. The van der Waals surface area contributed by atoms with Gasteiger partial charge in [-0.2, -0.15) is 0 Å². The van der Waals surface area contributed by atoms with Gasteiger partial charge in [-0.05, 0) is 48.9 Å². The average molecular weight is 356 g/mol. The Morgan fingerprint density at radius 1 is 1.10 bits per heavy atom. The van der Waals surface area contributed by atoms with Crippen LogP contribution in [0.25, 0.3) is 0 Å². The Morgan fingerprint density at radius 2 is 1.80 bits per heavy atom. The molecule has 0 aliphatic carbocycles. The molecule has 0 aliphatic heterocycles. The third-order valence-corrected chi connectivity index (χ3v) is 4.54. The van der Waals surface area contributed by atoms with E-state index in [1.54, 1.807) is 12.1 Å². The summed E-state index contributed by atoms with van der Waals surface area (Å²) >= 11 is 9.32. The summed E-state index contributed by atoms with van der Waals surface area (Å²) in [7, 11) is 0. The Hall–Kier alpha value is -0.860. The van der Waals surface area contributed by atoms with Gasteiger partial charge in [-0.15, -0.1) is 0 Å². The van der Waals surface area contributed by atoms with Crippen LogP contribution in [-0.2, 0) is 12.8 Å². The average Bonchev–Trinajstić information content (AvgIpc) is 2.43. The van der Waals surface area contributed by atoms with E-state index < -0.39 is 0 Å². The van der Waals surface area contributed by atoms with Crippen LogP contribution >= 0.6 is 27.5 Å². The molecule has 0 aromatic heterocycles. The summed E-state index contributed by atoms with van der Waals surface area (Å²) in [5.41, 5.74) is 3.27. The Labute approximate surface area is 133 Å². The zero-order chi connectivity index (χ0) is 14.5. The molecule has 0 amide bonds. The van der Waals surface area contributed by atoms with Crippen LogP contribution in [0.3, 0.4) is 0 Å². The zero-order valence-corrected chi connectivity index (χ0v) is 13.7. The maximum atomic E-state index is 13.8. The van der Waals surface area contributed by atoms with E-state index in [1.807, 2.05) is 0 Å². The number of alkyl halides is 1. The molecule has 2 aromatic rings. The smallest absolute Gasteiger partial charge is 0.127 e. The first-order valence-corrected chi connectivity index (χ1v) is 8.14. The van der Waals surface area contributed by atoms with Gasteiger partial charge in [0.1, 0.15) is 5.82 Å². The third kappa shape index (κ3) is 4.32. The van der Waals surface area contributed by atoms with Crippen LogP contribution in [0.2, 0.25) is 5.02 Å². The molecule has 0 bridgehead atoms. The summed E-state index contributed by atoms with van der Waals surface area (Å²) < 4.78 is 13.8. The van der Waals surface area contributed by atoms with E-state index in [2.05, 4.69) is 47.1 Å². The van der Waals surface area contributed by atoms with Crippen LogP contribution in [0.4, 0.5) is 4.39 Å². The molecule has 0 fully saturated rings. The van der Waals surface area contributed by atoms with Crippen molar-refractivity contribution in [1.82, 2.24) is 0 Å². The molecular formula is C17H17BrClF. The van der Waals surface area contributed by atoms with Crippen molar-refractivity contribution in [1.29, 1.82) is 0 Å². The van der Waals surface area contributed by atoms with Crippen molar-refractivity contribution in [3.8, 4) is 0 Å². The molecule has 0 spiro atoms. The molecule has 0 N–H and O–H groups in total. The summed E-state index contributed by atoms with van der Waals surface area (Å²) in [5, 5.41) is 1.29. The van der Waals surface area contributed by atoms with E-state index in [0.29, 0.717) is 17.4 Å². The second kappa shape index (κ2) is 7.24. The molecule has 1 unspecified atom stereocenters. The lowest BCUT2D eigenvalue weighted by Crippen LogP contribution is -2.11. The number of aryl methyl sites for hydroxylation is 1. The van der Waals surface area contributed by atoms with Gasteiger partial charge in [0.05, 0.1) is 0 Å². The van der Waals surface area contributed by atoms with Crippen LogP contribution < -0.4 is 0 Å². The molecule has 0 radical (unpaired) electrons. The van der Waals surface area contributed by atoms with Crippen LogP contribution in [0.1, 0.15) is 16.7 Å². The maximum absolute atomic E-state index is 13.8. The molecule has 2 rings (SSSR count). The largest absolute Gasteiger partial charge is 0.207 e. The number of hydrogen-bond donors (Lipinski definition) is 0. The first-order chi connectivity index (χ1) is 9.58. The van der Waals surface area contributed by atoms with Crippen molar-refractivity contribution in [2.45, 2.75) is 19.8 Å². The highest BCUT2D eigenvalue weighted by Gasteiger charge is 2.12. The fraction of sp³-hybridized carbons (Fsp3) is 0.294. The fourth-order valence-electron chi connectivity index (χ4n) is 2.24. The lowest BCUT2D eigenvalue weighted by Gasteiger charge is -2.15. The van der Waals surface area contributed by atoms with Gasteiger partial charge in [-0.3, -0.25) is 0 Å². The molecule has 0 aliphatic rings. The first-order valence-electron chi connectivity index (χ1n) is 6.64. The highest BCUT2D eigenvalue weighted by molar-refractivity contribution is 9.09. The normalized spacial score (nSPS) is 12.4. The van der Waals surface area contributed by atoms with Gasteiger partial charge in [0.15, 0.2) is 0 Å². The van der Waals surface area contributed by atoms with Crippen molar-refractivity contribution in [2.24, 2.45) is 5.92 Å². The lowest BCUT2D eigenvalue weighted by molar-refractivity contribution is 0.550. The van der Waals surface area contributed by atoms with Crippen LogP contribution in [0.15, 0.2) is 42.5 Å². The molecule has 0 saturated heterocycles. The van der Waals surface area contributed by atoms with E-state index in [-0.39, 0.29) is 5.82 Å². The van der Waals surface area contributed by atoms with Gasteiger partial charge in [-0.1, -0.05) is 63.4 Å². The van der Waals surface area contributed by atoms with Crippen LogP contribution in [-0.4, -0.2) is 5.33 Å². The van der Waals surface area contributed by atoms with E-state index in [9.17, 15) is 4.39 Å². The standard InChI is InChI=1S/C17H17BrClF/c1-12-2-4-13(5-3-12)8-14(11-18)9-15-6-7-16(19)10-17(15)20/h2-7,10,14H,8-9,11H2,1H3. The van der Waals surface area contributed by atoms with E-state index >= 15 is 0 Å². The highest BCUT2D eigenvalue weighted by Crippen LogP contribution is 2.21. The zero-order valence-electron chi connectivity index (χ0n) is 11.4. The van der Waals surface area contributed by atoms with Gasteiger partial charge in [0.25, 0.3) is 0 Å². The van der Waals surface area contributed by atoms with Crippen LogP contribution in [0.5, 0.6) is 0 Å². The molecular weight excluding hydrogens is 339 g/mol. The topological polar surface area (TPSA) is 0 Å². The second-order valence-corrected chi connectivity index (χ2v) is 6.23. The number of halogens is 3. The molecule has 20 heavy (non-hydrogen) atoms. The molecule has 106 valence electrons. The Balaban J connectivity index is 2.07. The SMILES string of the molecule is Cc1ccc(CC(CBr)Cc2ccc(Cl)cc2F)cc1. The van der Waals surface area contributed by atoms with Crippen molar-refractivity contribution < 1.29 is 4.39 Å². The van der Waals surface area contributed by atoms with Crippen molar-refractivity contribution in [2.75, 3.05) is 5.33 Å². The summed E-state index contributed by atoms with van der Waals surface area (Å²) in [5.74, 6) is 0.153. The Bertz CT molecular complexity index is 566. The molecule has 0 saturated carbocycles. The van der Waals surface area contributed by atoms with Gasteiger partial charge in [-0.25, -0.2) is 4.39 Å². The molecule has 3 heteroatoms. The summed E-state index contributed by atoms with van der Waals surface area (Å²) in [6, 6.07) is 13.4. The van der Waals surface area contributed by atoms with Crippen molar-refractivity contribution in [3.05, 3.63) is 70.0 Å². The minimum Gasteiger partial charge on any atom is -0.207 e. The quantitative estimate of drug-likeness (QED) is 0.614. The minimum absolute atomic E-state index is 0.215. The monoisotopic (exact) mass is 354 g/mol. The van der Waals surface area contributed by atoms with Gasteiger partial charge >= 0.3 is 0 Å². The van der Waals surface area contributed by atoms with Gasteiger partial charge in [0.2, 0.25) is 0 Å².